The zero-order valence-electron chi connectivity index (χ0n) is 10.0. The fraction of sp³-hybridized carbons (Fsp3) is 0.615. The Bertz CT molecular complexity index is 414. The van der Waals surface area contributed by atoms with E-state index in [4.69, 9.17) is 5.11 Å². The minimum Gasteiger partial charge on any atom is -0.477 e. The second-order valence-corrected chi connectivity index (χ2v) is 6.05. The van der Waals surface area contributed by atoms with Crippen molar-refractivity contribution in [2.24, 2.45) is 11.8 Å². The molecule has 0 saturated heterocycles. The van der Waals surface area contributed by atoms with Crippen LogP contribution >= 0.6 is 15.9 Å². The lowest BCUT2D eigenvalue weighted by molar-refractivity contribution is 0.0683. The van der Waals surface area contributed by atoms with E-state index in [1.807, 2.05) is 10.8 Å². The highest BCUT2D eigenvalue weighted by atomic mass is 79.9. The molecule has 17 heavy (non-hydrogen) atoms. The van der Waals surface area contributed by atoms with Crippen molar-refractivity contribution in [3.63, 3.8) is 0 Å². The molecule has 1 aromatic rings. The van der Waals surface area contributed by atoms with Gasteiger partial charge in [0.25, 0.3) is 0 Å². The molecule has 0 radical (unpaired) electrons. The van der Waals surface area contributed by atoms with Crippen molar-refractivity contribution in [1.82, 2.24) is 4.57 Å². The van der Waals surface area contributed by atoms with Crippen molar-refractivity contribution in [2.75, 3.05) is 0 Å². The van der Waals surface area contributed by atoms with Gasteiger partial charge in [0.15, 0.2) is 0 Å². The normalized spacial score (nSPS) is 24.8. The number of carbonyl (C=O) groups is 1. The molecule has 1 saturated carbocycles. The monoisotopic (exact) mass is 299 g/mol. The molecule has 0 aliphatic heterocycles. The highest BCUT2D eigenvalue weighted by Gasteiger charge is 2.21. The number of hydrogen-bond acceptors (Lipinski definition) is 1. The van der Waals surface area contributed by atoms with Gasteiger partial charge in [0, 0.05) is 17.2 Å². The van der Waals surface area contributed by atoms with Crippen LogP contribution in [0.4, 0.5) is 0 Å². The molecule has 1 aliphatic carbocycles. The molecular weight excluding hydrogens is 282 g/mol. The number of halogens is 1. The molecule has 1 aromatic heterocycles. The summed E-state index contributed by atoms with van der Waals surface area (Å²) in [5.41, 5.74) is 0.384. The Morgan fingerprint density at radius 2 is 2.35 bits per heavy atom. The molecule has 1 N–H and O–H groups in total. The highest BCUT2D eigenvalue weighted by molar-refractivity contribution is 9.10. The maximum absolute atomic E-state index is 11.1. The Morgan fingerprint density at radius 1 is 1.59 bits per heavy atom. The molecule has 94 valence electrons. The molecule has 1 fully saturated rings. The fourth-order valence-electron chi connectivity index (χ4n) is 2.81. The molecule has 4 heteroatoms. The summed E-state index contributed by atoms with van der Waals surface area (Å²) in [6, 6.07) is 1.68. The van der Waals surface area contributed by atoms with E-state index in [1.165, 1.54) is 25.7 Å². The third-order valence-corrected chi connectivity index (χ3v) is 4.02. The van der Waals surface area contributed by atoms with Crippen LogP contribution in [0.1, 0.15) is 43.1 Å². The van der Waals surface area contributed by atoms with Crippen LogP contribution in [0.25, 0.3) is 0 Å². The molecule has 0 amide bonds. The molecule has 0 bridgehead atoms. The minimum absolute atomic E-state index is 0.384. The summed E-state index contributed by atoms with van der Waals surface area (Å²) in [7, 11) is 0. The predicted molar refractivity (Wildman–Crippen MR) is 70.2 cm³/mol. The van der Waals surface area contributed by atoms with Crippen LogP contribution in [0.5, 0.6) is 0 Å². The van der Waals surface area contributed by atoms with E-state index >= 15 is 0 Å². The fourth-order valence-corrected chi connectivity index (χ4v) is 3.27. The summed E-state index contributed by atoms with van der Waals surface area (Å²) >= 11 is 3.34. The summed E-state index contributed by atoms with van der Waals surface area (Å²) in [4.78, 5) is 11.1. The smallest absolute Gasteiger partial charge is 0.352 e. The Hall–Kier alpha value is -0.770. The van der Waals surface area contributed by atoms with Gasteiger partial charge in [-0.3, -0.25) is 0 Å². The largest absolute Gasteiger partial charge is 0.477 e. The van der Waals surface area contributed by atoms with Crippen molar-refractivity contribution in [2.45, 2.75) is 39.2 Å². The molecule has 3 nitrogen and oxygen atoms in total. The van der Waals surface area contributed by atoms with Gasteiger partial charge in [-0.05, 0) is 46.7 Å². The number of rotatable bonds is 3. The van der Waals surface area contributed by atoms with Crippen LogP contribution < -0.4 is 0 Å². The third-order valence-electron chi connectivity index (χ3n) is 3.58. The first-order chi connectivity index (χ1) is 8.06. The zero-order chi connectivity index (χ0) is 12.4. The van der Waals surface area contributed by atoms with Gasteiger partial charge in [-0.25, -0.2) is 4.79 Å². The van der Waals surface area contributed by atoms with E-state index in [0.29, 0.717) is 11.6 Å². The van der Waals surface area contributed by atoms with Crippen molar-refractivity contribution in [1.29, 1.82) is 0 Å². The summed E-state index contributed by atoms with van der Waals surface area (Å²) < 4.78 is 2.72. The summed E-state index contributed by atoms with van der Waals surface area (Å²) in [5.74, 6) is 0.553. The quantitative estimate of drug-likeness (QED) is 0.923. The van der Waals surface area contributed by atoms with Crippen molar-refractivity contribution >= 4 is 21.9 Å². The highest BCUT2D eigenvalue weighted by Crippen LogP contribution is 2.30. The van der Waals surface area contributed by atoms with E-state index in [1.54, 1.807) is 6.07 Å². The average molecular weight is 300 g/mol. The van der Waals surface area contributed by atoms with Crippen LogP contribution in [0.15, 0.2) is 16.7 Å². The standard InChI is InChI=1S/C13H18BrNO2/c1-9-3-2-4-10(5-9)7-15-8-11(14)6-12(15)13(16)17/h6,8-10H,2-5,7H2,1H3,(H,16,17). The maximum atomic E-state index is 11.1. The molecule has 2 atom stereocenters. The van der Waals surface area contributed by atoms with Gasteiger partial charge >= 0.3 is 5.97 Å². The van der Waals surface area contributed by atoms with E-state index in [-0.39, 0.29) is 0 Å². The van der Waals surface area contributed by atoms with Gasteiger partial charge < -0.3 is 9.67 Å². The minimum atomic E-state index is -0.848. The van der Waals surface area contributed by atoms with E-state index < -0.39 is 5.97 Å². The van der Waals surface area contributed by atoms with E-state index in [2.05, 4.69) is 22.9 Å². The summed E-state index contributed by atoms with van der Waals surface area (Å²) in [6.45, 7) is 3.12. The van der Waals surface area contributed by atoms with Gasteiger partial charge in [-0.15, -0.1) is 0 Å². The van der Waals surface area contributed by atoms with Gasteiger partial charge in [-0.2, -0.15) is 0 Å². The van der Waals surface area contributed by atoms with Crippen LogP contribution in [0, 0.1) is 11.8 Å². The Balaban J connectivity index is 2.09. The van der Waals surface area contributed by atoms with Crippen molar-refractivity contribution in [3.8, 4) is 0 Å². The number of aromatic nitrogens is 1. The Labute approximate surface area is 110 Å². The Morgan fingerprint density at radius 3 is 3.00 bits per heavy atom. The van der Waals surface area contributed by atoms with Gasteiger partial charge in [0.1, 0.15) is 5.69 Å². The number of hydrogen-bond donors (Lipinski definition) is 1. The molecular formula is C13H18BrNO2. The second-order valence-electron chi connectivity index (χ2n) is 5.14. The van der Waals surface area contributed by atoms with Crippen molar-refractivity contribution in [3.05, 3.63) is 22.4 Å². The molecule has 1 heterocycles. The molecule has 1 aliphatic rings. The van der Waals surface area contributed by atoms with Gasteiger partial charge in [0.05, 0.1) is 0 Å². The summed E-state index contributed by atoms with van der Waals surface area (Å²) in [5, 5.41) is 9.12. The first-order valence-electron chi connectivity index (χ1n) is 6.15. The predicted octanol–water partition coefficient (Wildman–Crippen LogP) is 3.78. The van der Waals surface area contributed by atoms with Gasteiger partial charge in [0.2, 0.25) is 0 Å². The molecule has 2 rings (SSSR count). The van der Waals surface area contributed by atoms with E-state index in [0.717, 1.165) is 16.9 Å². The van der Waals surface area contributed by atoms with Gasteiger partial charge in [-0.1, -0.05) is 19.8 Å². The van der Waals surface area contributed by atoms with Crippen LogP contribution in [-0.2, 0) is 6.54 Å². The second kappa shape index (κ2) is 5.25. The SMILES string of the molecule is CC1CCCC(Cn2cc(Br)cc2C(=O)O)C1. The number of nitrogens with zero attached hydrogens (tertiary/aromatic N) is 1. The molecule has 0 spiro atoms. The van der Waals surface area contributed by atoms with Crippen LogP contribution in [0.2, 0.25) is 0 Å². The Kier molecular flexibility index (Phi) is 3.92. The lowest BCUT2D eigenvalue weighted by Gasteiger charge is -2.27. The molecule has 2 unspecified atom stereocenters. The van der Waals surface area contributed by atoms with E-state index in [9.17, 15) is 4.79 Å². The number of carboxylic acids is 1. The summed E-state index contributed by atoms with van der Waals surface area (Å²) in [6.07, 6.45) is 6.91. The molecule has 0 aromatic carbocycles. The van der Waals surface area contributed by atoms with Crippen molar-refractivity contribution < 1.29 is 9.90 Å². The topological polar surface area (TPSA) is 42.2 Å². The third kappa shape index (κ3) is 3.12. The average Bonchev–Trinajstić information content (AvgIpc) is 2.59. The number of carboxylic acid groups (broad SMARTS) is 1. The first-order valence-corrected chi connectivity index (χ1v) is 6.94. The zero-order valence-corrected chi connectivity index (χ0v) is 11.6. The van der Waals surface area contributed by atoms with Crippen LogP contribution in [0.3, 0.4) is 0 Å². The number of aromatic carboxylic acids is 1. The van der Waals surface area contributed by atoms with Crippen LogP contribution in [-0.4, -0.2) is 15.6 Å². The lowest BCUT2D eigenvalue weighted by Crippen LogP contribution is -2.20. The first kappa shape index (κ1) is 12.7. The lowest BCUT2D eigenvalue weighted by atomic mass is 9.82. The maximum Gasteiger partial charge on any atom is 0.352 e.